The summed E-state index contributed by atoms with van der Waals surface area (Å²) in [6, 6.07) is 0. The molecule has 0 aromatic rings. The van der Waals surface area contributed by atoms with Crippen LogP contribution in [0.15, 0.2) is 0 Å². The van der Waals surface area contributed by atoms with E-state index in [0.717, 1.165) is 38.6 Å². The lowest BCUT2D eigenvalue weighted by Crippen LogP contribution is -2.18. The first kappa shape index (κ1) is 19.6. The van der Waals surface area contributed by atoms with Gasteiger partial charge in [-0.3, -0.25) is 4.79 Å². The van der Waals surface area contributed by atoms with Gasteiger partial charge in [0.2, 0.25) is 0 Å². The molecule has 0 aliphatic carbocycles. The van der Waals surface area contributed by atoms with Gasteiger partial charge < -0.3 is 5.73 Å². The monoisotopic (exact) mass is 283 g/mol. The zero-order chi connectivity index (χ0) is 15.3. The van der Waals surface area contributed by atoms with Gasteiger partial charge in [-0.1, -0.05) is 65.7 Å². The molecule has 0 atom stereocenters. The van der Waals surface area contributed by atoms with Gasteiger partial charge >= 0.3 is 0 Å². The highest BCUT2D eigenvalue weighted by molar-refractivity contribution is 5.78. The average molecular weight is 284 g/mol. The summed E-state index contributed by atoms with van der Waals surface area (Å²) in [6.45, 7) is 7.40. The Morgan fingerprint density at radius 1 is 0.850 bits per heavy atom. The number of hydrogen-bond donors (Lipinski definition) is 1. The van der Waals surface area contributed by atoms with Crippen LogP contribution in [0.4, 0.5) is 0 Å². The number of rotatable bonds is 14. The highest BCUT2D eigenvalue weighted by Gasteiger charge is 2.17. The maximum atomic E-state index is 11.8. The first-order valence-electron chi connectivity index (χ1n) is 8.73. The van der Waals surface area contributed by atoms with E-state index < -0.39 is 0 Å². The Morgan fingerprint density at radius 3 is 1.95 bits per heavy atom. The van der Waals surface area contributed by atoms with E-state index in [2.05, 4.69) is 20.8 Å². The molecule has 2 heteroatoms. The van der Waals surface area contributed by atoms with Crippen LogP contribution in [0.3, 0.4) is 0 Å². The molecule has 0 fully saturated rings. The molecule has 0 saturated heterocycles. The van der Waals surface area contributed by atoms with Gasteiger partial charge in [-0.15, -0.1) is 0 Å². The average Bonchev–Trinajstić information content (AvgIpc) is 2.39. The van der Waals surface area contributed by atoms with Crippen LogP contribution in [0.5, 0.6) is 0 Å². The summed E-state index contributed by atoms with van der Waals surface area (Å²) in [6.07, 6.45) is 13.9. The summed E-state index contributed by atoms with van der Waals surface area (Å²) in [4.78, 5) is 11.8. The molecule has 0 saturated carbocycles. The van der Waals surface area contributed by atoms with E-state index in [1.807, 2.05) is 0 Å². The van der Waals surface area contributed by atoms with Crippen molar-refractivity contribution in [3.8, 4) is 0 Å². The number of carbonyl (C=O) groups is 1. The lowest BCUT2D eigenvalue weighted by Gasteiger charge is -2.23. The van der Waals surface area contributed by atoms with Crippen molar-refractivity contribution in [2.45, 2.75) is 97.8 Å². The smallest absolute Gasteiger partial charge is 0.132 e. The Hall–Kier alpha value is -0.370. The van der Waals surface area contributed by atoms with Crippen molar-refractivity contribution in [2.24, 2.45) is 11.1 Å². The minimum absolute atomic E-state index is 0.226. The molecule has 0 heterocycles. The van der Waals surface area contributed by atoms with Crippen LogP contribution in [0.1, 0.15) is 97.8 Å². The van der Waals surface area contributed by atoms with Crippen molar-refractivity contribution >= 4 is 5.78 Å². The molecule has 0 bridgehead atoms. The maximum absolute atomic E-state index is 11.8. The van der Waals surface area contributed by atoms with Crippen LogP contribution in [0, 0.1) is 5.41 Å². The molecule has 0 amide bonds. The van der Waals surface area contributed by atoms with Gasteiger partial charge in [0.25, 0.3) is 0 Å². The van der Waals surface area contributed by atoms with Gasteiger partial charge in [-0.2, -0.15) is 0 Å². The Labute approximate surface area is 126 Å². The number of Topliss-reactive ketones (excluding diaryl/α,β-unsaturated/α-hetero) is 1. The molecule has 20 heavy (non-hydrogen) atoms. The number of hydrogen-bond acceptors (Lipinski definition) is 2. The summed E-state index contributed by atoms with van der Waals surface area (Å²) < 4.78 is 0. The minimum Gasteiger partial charge on any atom is -0.330 e. The summed E-state index contributed by atoms with van der Waals surface area (Å²) in [7, 11) is 0. The van der Waals surface area contributed by atoms with Gasteiger partial charge in [0.05, 0.1) is 0 Å². The zero-order valence-corrected chi connectivity index (χ0v) is 14.2. The Balaban J connectivity index is 3.41. The van der Waals surface area contributed by atoms with Crippen LogP contribution in [-0.2, 0) is 4.79 Å². The van der Waals surface area contributed by atoms with Gasteiger partial charge in [0, 0.05) is 12.8 Å². The first-order chi connectivity index (χ1) is 9.52. The second-order valence-corrected chi connectivity index (χ2v) is 6.97. The Morgan fingerprint density at radius 2 is 1.40 bits per heavy atom. The second kappa shape index (κ2) is 12.4. The van der Waals surface area contributed by atoms with Crippen molar-refractivity contribution in [2.75, 3.05) is 6.54 Å². The number of ketones is 1. The van der Waals surface area contributed by atoms with Gasteiger partial charge in [0.1, 0.15) is 5.78 Å². The van der Waals surface area contributed by atoms with E-state index >= 15 is 0 Å². The standard InChI is InChI=1S/C18H37NO/c1-4-5-6-7-8-9-10-11-12-17(20)13-14-18(2,3)15-16-19/h4-16,19H2,1-3H3. The van der Waals surface area contributed by atoms with Crippen LogP contribution in [0.25, 0.3) is 0 Å². The minimum atomic E-state index is 0.226. The highest BCUT2D eigenvalue weighted by Crippen LogP contribution is 2.26. The molecular weight excluding hydrogens is 246 g/mol. The second-order valence-electron chi connectivity index (χ2n) is 6.97. The lowest BCUT2D eigenvalue weighted by molar-refractivity contribution is -0.119. The van der Waals surface area contributed by atoms with Gasteiger partial charge in [0.15, 0.2) is 0 Å². The molecule has 0 aromatic heterocycles. The summed E-state index contributed by atoms with van der Waals surface area (Å²) in [5, 5.41) is 0. The summed E-state index contributed by atoms with van der Waals surface area (Å²) in [5.74, 6) is 0.445. The van der Waals surface area contributed by atoms with Gasteiger partial charge in [-0.05, 0) is 31.2 Å². The predicted molar refractivity (Wildman–Crippen MR) is 88.9 cm³/mol. The van der Waals surface area contributed by atoms with Crippen molar-refractivity contribution in [1.82, 2.24) is 0 Å². The zero-order valence-electron chi connectivity index (χ0n) is 14.2. The third-order valence-electron chi connectivity index (χ3n) is 4.21. The normalized spacial score (nSPS) is 11.8. The molecule has 0 radical (unpaired) electrons. The molecular formula is C18H37NO. The van der Waals surface area contributed by atoms with Crippen molar-refractivity contribution in [1.29, 1.82) is 0 Å². The van der Waals surface area contributed by atoms with E-state index in [1.54, 1.807) is 0 Å². The molecule has 0 spiro atoms. The topological polar surface area (TPSA) is 43.1 Å². The SMILES string of the molecule is CCCCCCCCCCC(=O)CCC(C)(C)CCN. The van der Waals surface area contributed by atoms with Crippen LogP contribution in [0.2, 0.25) is 0 Å². The van der Waals surface area contributed by atoms with E-state index in [9.17, 15) is 4.79 Å². The molecule has 0 aromatic carbocycles. The first-order valence-corrected chi connectivity index (χ1v) is 8.73. The third kappa shape index (κ3) is 12.7. The van der Waals surface area contributed by atoms with Crippen molar-refractivity contribution in [3.63, 3.8) is 0 Å². The van der Waals surface area contributed by atoms with E-state index in [0.29, 0.717) is 5.78 Å². The number of carbonyl (C=O) groups excluding carboxylic acids is 1. The molecule has 0 unspecified atom stereocenters. The third-order valence-corrected chi connectivity index (χ3v) is 4.21. The maximum Gasteiger partial charge on any atom is 0.132 e. The van der Waals surface area contributed by atoms with E-state index in [1.165, 1.54) is 44.9 Å². The summed E-state index contributed by atoms with van der Waals surface area (Å²) >= 11 is 0. The Kier molecular flexibility index (Phi) is 12.1. The molecule has 0 aliphatic heterocycles. The van der Waals surface area contributed by atoms with Crippen molar-refractivity contribution in [3.05, 3.63) is 0 Å². The van der Waals surface area contributed by atoms with E-state index in [4.69, 9.17) is 5.73 Å². The fourth-order valence-corrected chi connectivity index (χ4v) is 2.57. The summed E-state index contributed by atoms with van der Waals surface area (Å²) in [5.41, 5.74) is 5.82. The van der Waals surface area contributed by atoms with E-state index in [-0.39, 0.29) is 5.41 Å². The molecule has 2 nitrogen and oxygen atoms in total. The number of unbranched alkanes of at least 4 members (excludes halogenated alkanes) is 7. The predicted octanol–water partition coefficient (Wildman–Crippen LogP) is 5.24. The molecule has 0 rings (SSSR count). The molecule has 120 valence electrons. The van der Waals surface area contributed by atoms with Crippen LogP contribution < -0.4 is 5.73 Å². The molecule has 2 N–H and O–H groups in total. The fourth-order valence-electron chi connectivity index (χ4n) is 2.57. The largest absolute Gasteiger partial charge is 0.330 e. The number of nitrogens with two attached hydrogens (primary N) is 1. The fraction of sp³-hybridized carbons (Fsp3) is 0.944. The van der Waals surface area contributed by atoms with Gasteiger partial charge in [-0.25, -0.2) is 0 Å². The van der Waals surface area contributed by atoms with Crippen molar-refractivity contribution < 1.29 is 4.79 Å². The van der Waals surface area contributed by atoms with Crippen LogP contribution in [-0.4, -0.2) is 12.3 Å². The highest BCUT2D eigenvalue weighted by atomic mass is 16.1. The Bertz CT molecular complexity index is 236. The quantitative estimate of drug-likeness (QED) is 0.443. The van der Waals surface area contributed by atoms with Crippen LogP contribution >= 0.6 is 0 Å². The molecule has 0 aliphatic rings. The lowest BCUT2D eigenvalue weighted by atomic mass is 9.83.